The molecule has 33 heavy (non-hydrogen) atoms. The first kappa shape index (κ1) is 25.0. The number of nitrogen functional groups attached to an aromatic ring is 1. The zero-order valence-corrected chi connectivity index (χ0v) is 18.4. The summed E-state index contributed by atoms with van der Waals surface area (Å²) < 4.78 is 3.71. The minimum absolute atomic E-state index is 0. The molecule has 3 radical (unpaired) electrons. The lowest BCUT2D eigenvalue weighted by Gasteiger charge is -2.08. The molecule has 4 N–H and O–H groups in total. The second-order valence-corrected chi connectivity index (χ2v) is 7.33. The standard InChI is InChI=1S/C13H17N5O3.C5H5N5O.B/c1-7(2)9(19)14-11-15-12-17(10(20)8(3)4)5-6-18(12)13(21)16-11;6-3-8-4-7-1-2-10(4)5(11)9-3;/h5-8H,1-4H3,(H,14,16,19,21);1-2H,(H3,6,7,8,9,11);. The Morgan fingerprint density at radius 1 is 1.00 bits per heavy atom. The Morgan fingerprint density at radius 3 is 2.33 bits per heavy atom. The lowest BCUT2D eigenvalue weighted by molar-refractivity contribution is -0.118. The molecule has 0 unspecified atom stereocenters. The number of carbonyl (C=O) groups is 2. The van der Waals surface area contributed by atoms with Gasteiger partial charge in [-0.3, -0.25) is 24.5 Å². The first-order chi connectivity index (χ1) is 15.1. The molecule has 0 saturated carbocycles. The second kappa shape index (κ2) is 9.89. The molecule has 0 aliphatic carbocycles. The first-order valence-corrected chi connectivity index (χ1v) is 9.60. The molecule has 4 rings (SSSR count). The highest BCUT2D eigenvalue weighted by Gasteiger charge is 2.17. The summed E-state index contributed by atoms with van der Waals surface area (Å²) >= 11 is 0. The van der Waals surface area contributed by atoms with E-state index < -0.39 is 5.69 Å². The Kier molecular flexibility index (Phi) is 7.48. The van der Waals surface area contributed by atoms with E-state index in [1.54, 1.807) is 27.7 Å². The van der Waals surface area contributed by atoms with Crippen LogP contribution in [0.1, 0.15) is 32.5 Å². The fourth-order valence-electron chi connectivity index (χ4n) is 2.51. The van der Waals surface area contributed by atoms with Crippen LogP contribution >= 0.6 is 0 Å². The van der Waals surface area contributed by atoms with Gasteiger partial charge in [0.05, 0.1) is 0 Å². The summed E-state index contributed by atoms with van der Waals surface area (Å²) in [5, 5.41) is 2.46. The van der Waals surface area contributed by atoms with Crippen LogP contribution < -0.4 is 22.4 Å². The maximum atomic E-state index is 12.1. The molecular weight excluding hydrogens is 431 g/mol. The van der Waals surface area contributed by atoms with Crippen molar-refractivity contribution in [2.75, 3.05) is 11.1 Å². The number of nitrogens with zero attached hydrogens (tertiary/aromatic N) is 7. The molecule has 4 aromatic heterocycles. The van der Waals surface area contributed by atoms with Gasteiger partial charge in [0.1, 0.15) is 0 Å². The number of anilines is 2. The molecule has 0 atom stereocenters. The normalized spacial score (nSPS) is 10.7. The summed E-state index contributed by atoms with van der Waals surface area (Å²) in [6, 6.07) is 0. The van der Waals surface area contributed by atoms with Crippen molar-refractivity contribution in [1.29, 1.82) is 0 Å². The molecule has 4 heterocycles. The summed E-state index contributed by atoms with van der Waals surface area (Å²) in [6.07, 6.45) is 5.88. The van der Waals surface area contributed by atoms with E-state index in [9.17, 15) is 19.2 Å². The van der Waals surface area contributed by atoms with E-state index in [2.05, 4.69) is 30.2 Å². The molecule has 0 fully saturated rings. The molecule has 4 aromatic rings. The zero-order chi connectivity index (χ0) is 23.6. The smallest absolute Gasteiger partial charge is 0.357 e. The zero-order valence-electron chi connectivity index (χ0n) is 18.4. The molecule has 0 spiro atoms. The van der Waals surface area contributed by atoms with E-state index >= 15 is 0 Å². The molecular formula is C18H22BN10O4. The van der Waals surface area contributed by atoms with Crippen molar-refractivity contribution in [3.05, 3.63) is 45.8 Å². The number of rotatable bonds is 3. The van der Waals surface area contributed by atoms with Crippen LogP contribution in [0.25, 0.3) is 11.6 Å². The van der Waals surface area contributed by atoms with Crippen molar-refractivity contribution in [1.82, 2.24) is 38.3 Å². The largest absolute Gasteiger partial charge is 0.369 e. The third kappa shape index (κ3) is 5.31. The van der Waals surface area contributed by atoms with Crippen LogP contribution in [-0.2, 0) is 4.79 Å². The van der Waals surface area contributed by atoms with Gasteiger partial charge in [0, 0.05) is 45.0 Å². The van der Waals surface area contributed by atoms with Crippen LogP contribution in [0.2, 0.25) is 0 Å². The number of aromatic amines is 1. The molecule has 0 aliphatic heterocycles. The van der Waals surface area contributed by atoms with Gasteiger partial charge in [0.15, 0.2) is 0 Å². The number of imidazole rings is 2. The number of aromatic nitrogens is 8. The second-order valence-electron chi connectivity index (χ2n) is 7.33. The molecule has 0 saturated heterocycles. The SMILES string of the molecule is CC(C)C(=O)Nc1nc(=O)n2ccn(C(=O)C(C)C)c2n1.Nc1nc2nccn2c(=O)[nH]1.[B]. The minimum Gasteiger partial charge on any atom is -0.369 e. The fraction of sp³-hybridized carbons (Fsp3) is 0.333. The van der Waals surface area contributed by atoms with E-state index in [4.69, 9.17) is 5.73 Å². The maximum absolute atomic E-state index is 12.1. The van der Waals surface area contributed by atoms with Crippen LogP contribution in [0.4, 0.5) is 11.9 Å². The van der Waals surface area contributed by atoms with Crippen molar-refractivity contribution < 1.29 is 9.59 Å². The average molecular weight is 453 g/mol. The molecule has 0 aliphatic rings. The lowest BCUT2D eigenvalue weighted by atomic mass is 10.2. The van der Waals surface area contributed by atoms with Crippen molar-refractivity contribution >= 4 is 43.7 Å². The van der Waals surface area contributed by atoms with Gasteiger partial charge in [-0.25, -0.2) is 23.4 Å². The third-order valence-electron chi connectivity index (χ3n) is 4.20. The van der Waals surface area contributed by atoms with Crippen LogP contribution in [0.3, 0.4) is 0 Å². The van der Waals surface area contributed by atoms with Crippen molar-refractivity contribution in [3.8, 4) is 0 Å². The fourth-order valence-corrected chi connectivity index (χ4v) is 2.51. The summed E-state index contributed by atoms with van der Waals surface area (Å²) in [6.45, 7) is 6.93. The number of hydrogen-bond acceptors (Lipinski definition) is 9. The highest BCUT2D eigenvalue weighted by Crippen LogP contribution is 2.07. The predicted molar refractivity (Wildman–Crippen MR) is 120 cm³/mol. The number of carbonyl (C=O) groups excluding carboxylic acids is 2. The maximum Gasteiger partial charge on any atom is 0.357 e. The average Bonchev–Trinajstić information content (AvgIpc) is 3.35. The van der Waals surface area contributed by atoms with E-state index in [0.717, 1.165) is 4.40 Å². The van der Waals surface area contributed by atoms with E-state index in [1.165, 1.54) is 33.8 Å². The van der Waals surface area contributed by atoms with Gasteiger partial charge in [0.2, 0.25) is 35.3 Å². The predicted octanol–water partition coefficient (Wildman–Crippen LogP) is -0.599. The summed E-state index contributed by atoms with van der Waals surface area (Å²) in [5.74, 6) is -0.595. The minimum atomic E-state index is -0.602. The van der Waals surface area contributed by atoms with Crippen LogP contribution in [-0.4, -0.2) is 58.5 Å². The summed E-state index contributed by atoms with van der Waals surface area (Å²) in [4.78, 5) is 64.3. The van der Waals surface area contributed by atoms with Crippen LogP contribution in [0, 0.1) is 11.8 Å². The highest BCUT2D eigenvalue weighted by atomic mass is 16.2. The van der Waals surface area contributed by atoms with Gasteiger partial charge in [0.25, 0.3) is 0 Å². The summed E-state index contributed by atoms with van der Waals surface area (Å²) in [7, 11) is 0. The Labute approximate surface area is 188 Å². The number of hydrogen-bond donors (Lipinski definition) is 3. The number of nitrogens with one attached hydrogen (secondary N) is 2. The van der Waals surface area contributed by atoms with Crippen molar-refractivity contribution in [2.45, 2.75) is 27.7 Å². The van der Waals surface area contributed by atoms with Gasteiger partial charge in [-0.05, 0) is 0 Å². The molecule has 1 amide bonds. The number of H-pyrrole nitrogens is 1. The van der Waals surface area contributed by atoms with Crippen LogP contribution in [0.5, 0.6) is 0 Å². The molecule has 15 heteroatoms. The Balaban J connectivity index is 0.000000270. The number of fused-ring (bicyclic) bond motifs is 2. The quantitative estimate of drug-likeness (QED) is 0.340. The topological polar surface area (TPSA) is 187 Å². The monoisotopic (exact) mass is 453 g/mol. The van der Waals surface area contributed by atoms with Gasteiger partial charge >= 0.3 is 11.4 Å². The number of amides is 1. The third-order valence-corrected chi connectivity index (χ3v) is 4.20. The molecule has 0 bridgehead atoms. The van der Waals surface area contributed by atoms with Gasteiger partial charge in [-0.1, -0.05) is 27.7 Å². The van der Waals surface area contributed by atoms with Crippen molar-refractivity contribution in [2.24, 2.45) is 11.8 Å². The highest BCUT2D eigenvalue weighted by molar-refractivity contribution is 5.90. The van der Waals surface area contributed by atoms with Gasteiger partial charge in [-0.2, -0.15) is 15.0 Å². The molecule has 171 valence electrons. The Morgan fingerprint density at radius 2 is 1.70 bits per heavy atom. The van der Waals surface area contributed by atoms with E-state index in [-0.39, 0.29) is 55.4 Å². The lowest BCUT2D eigenvalue weighted by Crippen LogP contribution is -2.26. The first-order valence-electron chi connectivity index (χ1n) is 9.60. The molecule has 14 nitrogen and oxygen atoms in total. The van der Waals surface area contributed by atoms with Gasteiger partial charge in [-0.15, -0.1) is 0 Å². The summed E-state index contributed by atoms with van der Waals surface area (Å²) in [5.41, 5.74) is 4.33. The Hall–Kier alpha value is -4.30. The molecule has 0 aromatic carbocycles. The van der Waals surface area contributed by atoms with E-state index in [0.29, 0.717) is 5.78 Å². The Bertz CT molecular complexity index is 1420. The van der Waals surface area contributed by atoms with Gasteiger partial charge < -0.3 is 5.73 Å². The van der Waals surface area contributed by atoms with Crippen molar-refractivity contribution in [3.63, 3.8) is 0 Å². The number of nitrogens with two attached hydrogens (primary N) is 1. The van der Waals surface area contributed by atoms with E-state index in [1.807, 2.05) is 0 Å². The van der Waals surface area contributed by atoms with Crippen LogP contribution in [0.15, 0.2) is 34.4 Å².